The summed E-state index contributed by atoms with van der Waals surface area (Å²) in [7, 11) is 0. The minimum Gasteiger partial charge on any atom is -0.395 e. The van der Waals surface area contributed by atoms with Crippen LogP contribution in [0.25, 0.3) is 0 Å². The van der Waals surface area contributed by atoms with Gasteiger partial charge in [-0.1, -0.05) is 73.1 Å². The van der Waals surface area contributed by atoms with Crippen molar-refractivity contribution in [3.05, 3.63) is 107 Å². The molecule has 5 rings (SSSR count). The molecule has 1 saturated heterocycles. The fraction of sp³-hybridized carbons (Fsp3) is 0.343. The molecule has 8 nitrogen and oxygen atoms in total. The molecule has 230 valence electrons. The van der Waals surface area contributed by atoms with Crippen LogP contribution in [0.2, 0.25) is 5.02 Å². The number of amides is 3. The van der Waals surface area contributed by atoms with Gasteiger partial charge >= 0.3 is 0 Å². The summed E-state index contributed by atoms with van der Waals surface area (Å²) in [6.45, 7) is 3.10. The van der Waals surface area contributed by atoms with E-state index in [0.29, 0.717) is 35.8 Å². The number of hydrogen-bond donors (Lipinski definition) is 2. The third kappa shape index (κ3) is 6.58. The van der Waals surface area contributed by atoms with Crippen LogP contribution in [0.3, 0.4) is 0 Å². The Morgan fingerprint density at radius 3 is 2.50 bits per heavy atom. The number of nitrogens with zero attached hydrogens (tertiary/aromatic N) is 3. The number of benzene rings is 3. The molecular formula is C35H38ClN3O5. The largest absolute Gasteiger partial charge is 0.395 e. The van der Waals surface area contributed by atoms with Crippen molar-refractivity contribution in [3.63, 3.8) is 0 Å². The molecule has 3 amide bonds. The molecule has 1 fully saturated rings. The van der Waals surface area contributed by atoms with Gasteiger partial charge in [0, 0.05) is 54.7 Å². The number of piperidine rings is 1. The highest BCUT2D eigenvalue weighted by molar-refractivity contribution is 6.31. The molecule has 2 aliphatic heterocycles. The van der Waals surface area contributed by atoms with Gasteiger partial charge in [-0.05, 0) is 54.3 Å². The Balaban J connectivity index is 1.31. The summed E-state index contributed by atoms with van der Waals surface area (Å²) in [6.07, 6.45) is 5.85. The van der Waals surface area contributed by atoms with Crippen LogP contribution in [0.4, 0.5) is 11.4 Å². The predicted octanol–water partition coefficient (Wildman–Crippen LogP) is 5.19. The van der Waals surface area contributed by atoms with E-state index in [2.05, 4.69) is 0 Å². The van der Waals surface area contributed by atoms with Crippen LogP contribution < -0.4 is 9.80 Å². The number of carbonyl (C=O) groups excluding carboxylic acids is 3. The number of carbonyl (C=O) groups is 3. The summed E-state index contributed by atoms with van der Waals surface area (Å²) in [5.41, 5.74) is 1.76. The van der Waals surface area contributed by atoms with E-state index in [0.717, 1.165) is 29.7 Å². The first-order valence-electron chi connectivity index (χ1n) is 15.0. The second-order valence-electron chi connectivity index (χ2n) is 11.4. The number of fused-ring (bicyclic) bond motifs is 1. The number of aliphatic hydroxyl groups excluding tert-OH is 1. The van der Waals surface area contributed by atoms with Crippen molar-refractivity contribution in [1.29, 1.82) is 0 Å². The van der Waals surface area contributed by atoms with Gasteiger partial charge < -0.3 is 24.9 Å². The fourth-order valence-corrected chi connectivity index (χ4v) is 6.15. The maximum Gasteiger partial charge on any atom is 0.264 e. The summed E-state index contributed by atoms with van der Waals surface area (Å²) in [6, 6.07) is 22.2. The second-order valence-corrected chi connectivity index (χ2v) is 11.9. The summed E-state index contributed by atoms with van der Waals surface area (Å²) in [4.78, 5) is 44.2. The second kappa shape index (κ2) is 13.8. The molecule has 0 spiro atoms. The minimum atomic E-state index is -1.88. The topological polar surface area (TPSA) is 101 Å². The van der Waals surface area contributed by atoms with Crippen molar-refractivity contribution in [1.82, 2.24) is 4.90 Å². The average molecular weight is 616 g/mol. The normalized spacial score (nSPS) is 19.0. The quantitative estimate of drug-likeness (QED) is 0.289. The lowest BCUT2D eigenvalue weighted by atomic mass is 9.83. The highest BCUT2D eigenvalue weighted by Crippen LogP contribution is 2.46. The molecule has 0 bridgehead atoms. The van der Waals surface area contributed by atoms with E-state index in [1.807, 2.05) is 54.6 Å². The zero-order valence-corrected chi connectivity index (χ0v) is 25.6. The van der Waals surface area contributed by atoms with Gasteiger partial charge in [-0.3, -0.25) is 14.4 Å². The lowest BCUT2D eigenvalue weighted by Crippen LogP contribution is -2.44. The predicted molar refractivity (Wildman–Crippen MR) is 171 cm³/mol. The number of aliphatic hydroxyl groups is 2. The first-order valence-corrected chi connectivity index (χ1v) is 15.4. The molecule has 44 heavy (non-hydrogen) atoms. The molecule has 2 aliphatic rings. The Morgan fingerprint density at radius 2 is 1.80 bits per heavy atom. The van der Waals surface area contributed by atoms with Gasteiger partial charge in [0.25, 0.3) is 5.91 Å². The van der Waals surface area contributed by atoms with Crippen molar-refractivity contribution in [2.75, 3.05) is 29.5 Å². The summed E-state index contributed by atoms with van der Waals surface area (Å²) in [5, 5.41) is 21.9. The number of hydrogen-bond acceptors (Lipinski definition) is 5. The van der Waals surface area contributed by atoms with Crippen LogP contribution >= 0.6 is 11.6 Å². The van der Waals surface area contributed by atoms with Gasteiger partial charge in [-0.2, -0.15) is 0 Å². The number of anilines is 2. The van der Waals surface area contributed by atoms with E-state index in [1.54, 1.807) is 52.0 Å². The van der Waals surface area contributed by atoms with Crippen molar-refractivity contribution in [2.45, 2.75) is 51.3 Å². The molecule has 3 aromatic rings. The SMILES string of the molecule is C[C@H](/C=C/CC(=O)N(CCO)Cc1ccccc1)[C@@]1(O)C(=O)N(Cc2ccc(N3CCCCC3=O)cc2)c2ccc(Cl)cc21. The smallest absolute Gasteiger partial charge is 0.264 e. The van der Waals surface area contributed by atoms with Gasteiger partial charge in [0.15, 0.2) is 5.60 Å². The van der Waals surface area contributed by atoms with E-state index >= 15 is 0 Å². The Kier molecular flexibility index (Phi) is 9.84. The highest BCUT2D eigenvalue weighted by atomic mass is 35.5. The van der Waals surface area contributed by atoms with Crippen LogP contribution in [0.1, 0.15) is 49.3 Å². The van der Waals surface area contributed by atoms with Crippen LogP contribution in [-0.4, -0.2) is 52.5 Å². The van der Waals surface area contributed by atoms with Crippen LogP contribution in [-0.2, 0) is 33.1 Å². The molecule has 2 heterocycles. The van der Waals surface area contributed by atoms with Crippen molar-refractivity contribution in [2.24, 2.45) is 5.92 Å². The van der Waals surface area contributed by atoms with E-state index in [9.17, 15) is 24.6 Å². The molecule has 0 saturated carbocycles. The molecule has 0 aliphatic carbocycles. The molecular weight excluding hydrogens is 578 g/mol. The minimum absolute atomic E-state index is 0.0550. The van der Waals surface area contributed by atoms with Crippen molar-refractivity contribution >= 4 is 40.7 Å². The van der Waals surface area contributed by atoms with Crippen LogP contribution in [0.15, 0.2) is 84.9 Å². The van der Waals surface area contributed by atoms with Gasteiger partial charge in [-0.25, -0.2) is 0 Å². The third-order valence-corrected chi connectivity index (χ3v) is 8.69. The maximum atomic E-state index is 13.9. The van der Waals surface area contributed by atoms with Gasteiger partial charge in [-0.15, -0.1) is 0 Å². The lowest BCUT2D eigenvalue weighted by molar-refractivity contribution is -0.139. The zero-order valence-electron chi connectivity index (χ0n) is 24.9. The summed E-state index contributed by atoms with van der Waals surface area (Å²) < 4.78 is 0. The third-order valence-electron chi connectivity index (χ3n) is 8.46. The number of rotatable bonds is 11. The van der Waals surface area contributed by atoms with Gasteiger partial charge in [0.05, 0.1) is 18.8 Å². The lowest BCUT2D eigenvalue weighted by Gasteiger charge is -2.28. The van der Waals surface area contributed by atoms with E-state index < -0.39 is 17.4 Å². The monoisotopic (exact) mass is 615 g/mol. The first-order chi connectivity index (χ1) is 21.2. The maximum absolute atomic E-state index is 13.9. The Labute approximate surface area is 263 Å². The summed E-state index contributed by atoms with van der Waals surface area (Å²) >= 11 is 6.33. The van der Waals surface area contributed by atoms with Gasteiger partial charge in [0.2, 0.25) is 11.8 Å². The first kappa shape index (κ1) is 31.4. The standard InChI is InChI=1S/C35H38ClN3O5/c1-25(8-7-12-32(41)37(20-21-40)23-26-9-3-2-4-10-26)35(44)30-22-28(36)15-18-31(30)39(34(35)43)24-27-13-16-29(17-14-27)38-19-6-5-11-33(38)42/h2-4,7-10,13-18,22,25,40,44H,5-6,11-12,19-21,23-24H2,1H3/b8-7+/t25-,35+/m1/s1. The van der Waals surface area contributed by atoms with Crippen LogP contribution in [0.5, 0.6) is 0 Å². The highest BCUT2D eigenvalue weighted by Gasteiger charge is 2.52. The Morgan fingerprint density at radius 1 is 1.05 bits per heavy atom. The Bertz CT molecular complexity index is 1530. The number of halogens is 1. The zero-order chi connectivity index (χ0) is 31.3. The summed E-state index contributed by atoms with van der Waals surface area (Å²) in [5.74, 6) is -1.19. The average Bonchev–Trinajstić information content (AvgIpc) is 3.24. The fourth-order valence-electron chi connectivity index (χ4n) is 5.98. The molecule has 0 unspecified atom stereocenters. The van der Waals surface area contributed by atoms with E-state index in [-0.39, 0.29) is 37.9 Å². The van der Waals surface area contributed by atoms with Crippen molar-refractivity contribution in [3.8, 4) is 0 Å². The molecule has 9 heteroatoms. The molecule has 0 aromatic heterocycles. The van der Waals surface area contributed by atoms with E-state index in [4.69, 9.17) is 11.6 Å². The Hall–Kier alpha value is -3.98. The van der Waals surface area contributed by atoms with Crippen LogP contribution in [0, 0.1) is 5.92 Å². The van der Waals surface area contributed by atoms with E-state index in [1.165, 1.54) is 0 Å². The molecule has 0 radical (unpaired) electrons. The van der Waals surface area contributed by atoms with Crippen molar-refractivity contribution < 1.29 is 24.6 Å². The van der Waals surface area contributed by atoms with Gasteiger partial charge in [0.1, 0.15) is 0 Å². The molecule has 3 aromatic carbocycles. The molecule has 2 N–H and O–H groups in total. The molecule has 2 atom stereocenters.